The van der Waals surface area contributed by atoms with Crippen molar-refractivity contribution in [1.29, 1.82) is 0 Å². The smallest absolute Gasteiger partial charge is 0.123 e. The van der Waals surface area contributed by atoms with Gasteiger partial charge in [0, 0.05) is 25.2 Å². The highest BCUT2D eigenvalue weighted by Gasteiger charge is 2.27. The molecule has 3 aromatic carbocycles. The summed E-state index contributed by atoms with van der Waals surface area (Å²) in [5.41, 5.74) is 9.57. The van der Waals surface area contributed by atoms with E-state index in [9.17, 15) is 8.78 Å². The Morgan fingerprint density at radius 2 is 1.78 bits per heavy atom. The van der Waals surface area contributed by atoms with Crippen LogP contribution in [0.3, 0.4) is 0 Å². The van der Waals surface area contributed by atoms with Crippen LogP contribution < -0.4 is 4.74 Å². The summed E-state index contributed by atoms with van der Waals surface area (Å²) in [6.07, 6.45) is 4.59. The fourth-order valence-electron chi connectivity index (χ4n) is 5.96. The first-order chi connectivity index (χ1) is 17.6. The van der Waals surface area contributed by atoms with Crippen molar-refractivity contribution in [2.45, 2.75) is 39.0 Å². The van der Waals surface area contributed by atoms with Crippen LogP contribution in [0.1, 0.15) is 52.6 Å². The molecule has 0 saturated carbocycles. The molecule has 36 heavy (non-hydrogen) atoms. The maximum absolute atomic E-state index is 14.0. The molecule has 3 aromatic rings. The normalized spacial score (nSPS) is 16.4. The van der Waals surface area contributed by atoms with Crippen LogP contribution in [0.4, 0.5) is 8.78 Å². The zero-order valence-electron chi connectivity index (χ0n) is 21.3. The number of benzene rings is 3. The molecule has 188 valence electrons. The van der Waals surface area contributed by atoms with Crippen LogP contribution in [0.2, 0.25) is 0 Å². The predicted molar refractivity (Wildman–Crippen MR) is 144 cm³/mol. The highest BCUT2D eigenvalue weighted by atomic mass is 19.1. The zero-order chi connectivity index (χ0) is 25.1. The number of ether oxygens (including phenoxy) is 1. The summed E-state index contributed by atoms with van der Waals surface area (Å²) in [5.74, 6) is 1.38. The molecular formula is C32H35F2NO. The van der Waals surface area contributed by atoms with Crippen molar-refractivity contribution in [3.05, 3.63) is 99.9 Å². The molecule has 0 unspecified atom stereocenters. The second kappa shape index (κ2) is 11.0. The minimum Gasteiger partial charge on any atom is -0.496 e. The summed E-state index contributed by atoms with van der Waals surface area (Å²) in [6, 6.07) is 20.5. The molecule has 1 heterocycles. The average molecular weight is 488 g/mol. The van der Waals surface area contributed by atoms with Gasteiger partial charge in [-0.15, -0.1) is 0 Å². The fraction of sp³-hybridized carbons (Fsp3) is 0.375. The lowest BCUT2D eigenvalue weighted by Crippen LogP contribution is -2.47. The van der Waals surface area contributed by atoms with E-state index < -0.39 is 0 Å². The Bertz CT molecular complexity index is 1240. The molecule has 0 N–H and O–H groups in total. The standard InChI is InChI=1S/C32H35F2NO/c1-22-18-26(34)14-15-27(22)29-7-3-6-28-30(8-4-9-31(28)36-2)32(29)25-12-10-23(11-13-25)19-24-20-35(21-24)17-5-16-33/h4,8-15,18,24H,3,5-7,16-17,19-21H2,1-2H3. The minimum absolute atomic E-state index is 0.197. The third-order valence-electron chi connectivity index (χ3n) is 7.70. The van der Waals surface area contributed by atoms with Gasteiger partial charge in [-0.25, -0.2) is 4.39 Å². The number of aryl methyl sites for hydroxylation is 1. The topological polar surface area (TPSA) is 12.5 Å². The van der Waals surface area contributed by atoms with Crippen molar-refractivity contribution in [1.82, 2.24) is 4.90 Å². The average Bonchev–Trinajstić information content (AvgIpc) is 3.05. The summed E-state index contributed by atoms with van der Waals surface area (Å²) in [5, 5.41) is 0. The highest BCUT2D eigenvalue weighted by molar-refractivity contribution is 6.00. The van der Waals surface area contributed by atoms with Crippen LogP contribution in [-0.2, 0) is 12.8 Å². The van der Waals surface area contributed by atoms with Crippen LogP contribution in [0.5, 0.6) is 5.75 Å². The molecule has 2 aliphatic rings. The van der Waals surface area contributed by atoms with E-state index in [1.54, 1.807) is 19.2 Å². The molecule has 0 aromatic heterocycles. The van der Waals surface area contributed by atoms with Crippen molar-refractivity contribution in [2.24, 2.45) is 5.92 Å². The number of hydrogen-bond donors (Lipinski definition) is 0. The van der Waals surface area contributed by atoms with Gasteiger partial charge in [0.05, 0.1) is 13.8 Å². The molecule has 0 amide bonds. The summed E-state index contributed by atoms with van der Waals surface area (Å²) in [4.78, 5) is 2.34. The molecule has 1 aliphatic carbocycles. The first kappa shape index (κ1) is 24.7. The number of allylic oxidation sites excluding steroid dienone is 1. The van der Waals surface area contributed by atoms with E-state index in [0.29, 0.717) is 12.3 Å². The molecule has 0 atom stereocenters. The van der Waals surface area contributed by atoms with E-state index in [-0.39, 0.29) is 12.5 Å². The lowest BCUT2D eigenvalue weighted by atomic mass is 9.85. The largest absolute Gasteiger partial charge is 0.496 e. The highest BCUT2D eigenvalue weighted by Crippen LogP contribution is 2.43. The number of likely N-dealkylation sites (tertiary alicyclic amines) is 1. The first-order valence-corrected chi connectivity index (χ1v) is 13.1. The van der Waals surface area contributed by atoms with Crippen LogP contribution >= 0.6 is 0 Å². The van der Waals surface area contributed by atoms with Crippen LogP contribution in [0.15, 0.2) is 60.7 Å². The van der Waals surface area contributed by atoms with Gasteiger partial charge in [0.25, 0.3) is 0 Å². The Morgan fingerprint density at radius 3 is 2.50 bits per heavy atom. The number of fused-ring (bicyclic) bond motifs is 1. The van der Waals surface area contributed by atoms with Gasteiger partial charge in [-0.3, -0.25) is 4.39 Å². The van der Waals surface area contributed by atoms with Gasteiger partial charge < -0.3 is 9.64 Å². The Balaban J connectivity index is 1.51. The molecule has 4 heteroatoms. The summed E-state index contributed by atoms with van der Waals surface area (Å²) in [7, 11) is 1.74. The van der Waals surface area contributed by atoms with Gasteiger partial charge in [-0.05, 0) is 102 Å². The summed E-state index contributed by atoms with van der Waals surface area (Å²) in [6.45, 7) is 4.77. The number of alkyl halides is 1. The quantitative estimate of drug-likeness (QED) is 0.331. The van der Waals surface area contributed by atoms with Gasteiger partial charge in [0.1, 0.15) is 11.6 Å². The molecular weight excluding hydrogens is 452 g/mol. The lowest BCUT2D eigenvalue weighted by Gasteiger charge is -2.39. The van der Waals surface area contributed by atoms with Crippen molar-refractivity contribution < 1.29 is 13.5 Å². The summed E-state index contributed by atoms with van der Waals surface area (Å²) >= 11 is 0. The van der Waals surface area contributed by atoms with E-state index in [1.807, 2.05) is 19.1 Å². The molecule has 0 spiro atoms. The minimum atomic E-state index is -0.229. The number of hydrogen-bond acceptors (Lipinski definition) is 2. The van der Waals surface area contributed by atoms with E-state index in [0.717, 1.165) is 62.2 Å². The molecule has 1 saturated heterocycles. The number of nitrogens with zero attached hydrogens (tertiary/aromatic N) is 1. The number of halogens is 2. The third-order valence-corrected chi connectivity index (χ3v) is 7.70. The maximum atomic E-state index is 14.0. The zero-order valence-corrected chi connectivity index (χ0v) is 21.3. The monoisotopic (exact) mass is 487 g/mol. The molecule has 2 nitrogen and oxygen atoms in total. The number of rotatable bonds is 8. The van der Waals surface area contributed by atoms with E-state index in [2.05, 4.69) is 41.3 Å². The second-order valence-electron chi connectivity index (χ2n) is 10.2. The van der Waals surface area contributed by atoms with Crippen LogP contribution in [-0.4, -0.2) is 38.3 Å². The SMILES string of the molecule is COc1cccc2c1CCCC(c1ccc(F)cc1C)=C2c1ccc(CC2CN(CCCF)C2)cc1. The molecule has 1 aliphatic heterocycles. The molecule has 5 rings (SSSR count). The van der Waals surface area contributed by atoms with Gasteiger partial charge >= 0.3 is 0 Å². The van der Waals surface area contributed by atoms with E-state index in [4.69, 9.17) is 4.74 Å². The lowest BCUT2D eigenvalue weighted by molar-refractivity contribution is 0.0968. The van der Waals surface area contributed by atoms with Gasteiger partial charge in [-0.1, -0.05) is 42.5 Å². The molecule has 0 radical (unpaired) electrons. The predicted octanol–water partition coefficient (Wildman–Crippen LogP) is 7.27. The van der Waals surface area contributed by atoms with Gasteiger partial charge in [0.2, 0.25) is 0 Å². The van der Waals surface area contributed by atoms with E-state index >= 15 is 0 Å². The van der Waals surface area contributed by atoms with Crippen molar-refractivity contribution in [3.8, 4) is 5.75 Å². The van der Waals surface area contributed by atoms with Crippen molar-refractivity contribution >= 4 is 11.1 Å². The Labute approximate surface area is 213 Å². The number of methoxy groups -OCH3 is 1. The van der Waals surface area contributed by atoms with Crippen LogP contribution in [0.25, 0.3) is 11.1 Å². The fourth-order valence-corrected chi connectivity index (χ4v) is 5.96. The summed E-state index contributed by atoms with van der Waals surface area (Å²) < 4.78 is 32.2. The van der Waals surface area contributed by atoms with Crippen molar-refractivity contribution in [3.63, 3.8) is 0 Å². The third kappa shape index (κ3) is 5.10. The van der Waals surface area contributed by atoms with Crippen LogP contribution in [0, 0.1) is 18.7 Å². The molecule has 1 fully saturated rings. The second-order valence-corrected chi connectivity index (χ2v) is 10.2. The van der Waals surface area contributed by atoms with E-state index in [1.165, 1.54) is 33.4 Å². The first-order valence-electron chi connectivity index (χ1n) is 13.1. The molecule has 0 bridgehead atoms. The Hall–Kier alpha value is -2.98. The van der Waals surface area contributed by atoms with Gasteiger partial charge in [-0.2, -0.15) is 0 Å². The van der Waals surface area contributed by atoms with Crippen molar-refractivity contribution in [2.75, 3.05) is 33.4 Å². The Morgan fingerprint density at radius 1 is 0.972 bits per heavy atom. The Kier molecular flexibility index (Phi) is 7.52. The van der Waals surface area contributed by atoms with Gasteiger partial charge in [0.15, 0.2) is 0 Å². The maximum Gasteiger partial charge on any atom is 0.123 e.